The first-order valence-corrected chi connectivity index (χ1v) is 49.3. The Morgan fingerprint density at radius 1 is 0.146 bits per heavy atom. The molecule has 0 atom stereocenters. The maximum absolute atomic E-state index is 5.48. The van der Waals surface area contributed by atoms with E-state index in [9.17, 15) is 0 Å². The Labute approximate surface area is 827 Å². The summed E-state index contributed by atoms with van der Waals surface area (Å²) in [4.78, 5) is 16.2. The van der Waals surface area contributed by atoms with Crippen molar-refractivity contribution in [3.05, 3.63) is 516 Å². The van der Waals surface area contributed by atoms with Gasteiger partial charge < -0.3 is 18.3 Å². The normalized spacial score (nSPS) is 11.9. The molecule has 144 heavy (non-hydrogen) atoms. The molecule has 0 aliphatic heterocycles. The second-order valence-corrected chi connectivity index (χ2v) is 37.6. The van der Waals surface area contributed by atoms with Crippen LogP contribution >= 0.6 is 0 Å². The Hall–Kier alpha value is -19.4. The fourth-order valence-electron chi connectivity index (χ4n) is 23.2. The third kappa shape index (κ3) is 13.1. The predicted octanol–water partition coefficient (Wildman–Crippen LogP) is 35.4. The van der Waals surface area contributed by atoms with Gasteiger partial charge in [0.2, 0.25) is 0 Å². The van der Waals surface area contributed by atoms with E-state index >= 15 is 0 Å². The fraction of sp³-hybridized carbons (Fsp3) is 0. The first kappa shape index (κ1) is 81.8. The van der Waals surface area contributed by atoms with Gasteiger partial charge in [-0.1, -0.05) is 376 Å². The molecule has 8 aromatic heterocycles. The lowest BCUT2D eigenvalue weighted by Gasteiger charge is -2.15. The summed E-state index contributed by atoms with van der Waals surface area (Å²) in [5, 5.41) is 25.9. The molecule has 31 aromatic rings. The maximum atomic E-state index is 5.48. The van der Waals surface area contributed by atoms with Crippen LogP contribution < -0.4 is 0 Å². The van der Waals surface area contributed by atoms with Crippen LogP contribution in [-0.2, 0) is 0 Å². The smallest absolute Gasteiger partial charge is 0.165 e. The van der Waals surface area contributed by atoms with Crippen LogP contribution in [0.5, 0.6) is 0 Å². The third-order valence-corrected chi connectivity index (χ3v) is 29.6. The predicted molar refractivity (Wildman–Crippen MR) is 606 cm³/mol. The van der Waals surface area contributed by atoms with Crippen molar-refractivity contribution in [2.24, 2.45) is 0 Å². The highest BCUT2D eigenvalue weighted by Gasteiger charge is 2.28. The van der Waals surface area contributed by atoms with Gasteiger partial charge >= 0.3 is 0 Å². The summed E-state index contributed by atoms with van der Waals surface area (Å²) in [5.41, 5.74) is 30.5. The van der Waals surface area contributed by atoms with Gasteiger partial charge in [-0.3, -0.25) is 9.13 Å². The average molecular weight is 1830 g/mol. The molecule has 0 N–H and O–H groups in total. The van der Waals surface area contributed by atoms with Crippen LogP contribution in [0.3, 0.4) is 0 Å². The van der Waals surface area contributed by atoms with Gasteiger partial charge in [-0.05, 0) is 211 Å². The minimum Gasteiger partial charge on any atom is -0.309 e. The fourth-order valence-corrected chi connectivity index (χ4v) is 23.2. The van der Waals surface area contributed by atoms with E-state index < -0.39 is 0 Å². The Morgan fingerprint density at radius 3 is 0.951 bits per heavy atom. The number of benzene rings is 23. The summed E-state index contributed by atoms with van der Waals surface area (Å²) < 4.78 is 14.4. The second-order valence-electron chi connectivity index (χ2n) is 37.6. The van der Waals surface area contributed by atoms with Crippen molar-refractivity contribution in [1.82, 2.24) is 42.4 Å². The molecule has 0 radical (unpaired) electrons. The van der Waals surface area contributed by atoms with E-state index in [1.807, 2.05) is 0 Å². The highest BCUT2D eigenvalue weighted by Crippen LogP contribution is 2.49. The van der Waals surface area contributed by atoms with Crippen molar-refractivity contribution >= 4 is 196 Å². The van der Waals surface area contributed by atoms with Crippen molar-refractivity contribution in [3.8, 4) is 79.0 Å². The van der Waals surface area contributed by atoms with Crippen LogP contribution in [0.1, 0.15) is 0 Å². The van der Waals surface area contributed by atoms with Gasteiger partial charge in [-0.2, -0.15) is 0 Å². The molecule has 0 amide bonds. The largest absolute Gasteiger partial charge is 0.309 e. The molecule has 9 nitrogen and oxygen atoms in total. The molecule has 0 aliphatic rings. The van der Waals surface area contributed by atoms with Gasteiger partial charge in [-0.15, -0.1) is 0 Å². The van der Waals surface area contributed by atoms with Crippen molar-refractivity contribution in [2.45, 2.75) is 0 Å². The summed E-state index contributed by atoms with van der Waals surface area (Å²) in [7, 11) is 0. The van der Waals surface area contributed by atoms with Gasteiger partial charge in [0.25, 0.3) is 0 Å². The molecule has 0 aliphatic carbocycles. The Morgan fingerprint density at radius 2 is 0.472 bits per heavy atom. The number of hydrogen-bond donors (Lipinski definition) is 0. The molecular formula is C135H85N9. The highest BCUT2D eigenvalue weighted by molar-refractivity contribution is 6.29. The molecular weight excluding hydrogens is 1750 g/mol. The van der Waals surface area contributed by atoms with E-state index in [1.54, 1.807) is 0 Å². The Kier molecular flexibility index (Phi) is 18.9. The first-order chi connectivity index (χ1) is 71.5. The quantitative estimate of drug-likeness (QED) is 0.128. The Balaban J connectivity index is 0.000000103. The van der Waals surface area contributed by atoms with E-state index in [2.05, 4.69) is 543 Å². The minimum absolute atomic E-state index is 0.817. The van der Waals surface area contributed by atoms with Crippen molar-refractivity contribution < 1.29 is 0 Å². The first-order valence-electron chi connectivity index (χ1n) is 49.3. The lowest BCUT2D eigenvalue weighted by atomic mass is 10.00. The van der Waals surface area contributed by atoms with Gasteiger partial charge in [0, 0.05) is 104 Å². The summed E-state index contributed by atoms with van der Waals surface area (Å²) in [5.74, 6) is 1.73. The zero-order valence-electron chi connectivity index (χ0n) is 78.1. The van der Waals surface area contributed by atoms with Crippen LogP contribution in [0.15, 0.2) is 516 Å². The lowest BCUT2D eigenvalue weighted by Crippen LogP contribution is -2.04. The standard InChI is InChI=1S/C46H28N4.C46H30N2.C43H27N3/c1-3-15-31(16-4-1)44-46(47-38-25-23-30-14-8-10-20-34(30)45(38)48-44)50-39-22-12-11-21-35(39)36-27-37-42(28-41(36)50)49(32-17-5-2-6-18-32)40-26-24-29-13-7-9-19-33(29)43(37)40;1-3-12-31(13-4-1)32-22-24-33(25-23-32)35-15-11-18-37(28-35)48-42-21-10-9-20-39(42)40-29-41-45(30-44(40)48)47(36-16-5-2-6-17-36)43-27-26-34-14-7-8-19-38(34)46(41)43;1-3-13-28(14-4-1)34-26-42(44-37-21-11-9-19-32(34)37)46-38-22-12-10-20-33(38)35-25-36-41(27-40(35)46)45(30-16-5-2-6-17-30)39-24-23-29-15-7-8-18-31(29)43(36)39/h1-28H;1-30H;1-27H. The molecule has 0 fully saturated rings. The van der Waals surface area contributed by atoms with Crippen LogP contribution in [0.25, 0.3) is 275 Å². The van der Waals surface area contributed by atoms with Crippen LogP contribution in [0.4, 0.5) is 0 Å². The van der Waals surface area contributed by atoms with Crippen LogP contribution in [0, 0.1) is 0 Å². The van der Waals surface area contributed by atoms with Gasteiger partial charge in [0.05, 0.1) is 82.8 Å². The van der Waals surface area contributed by atoms with Crippen molar-refractivity contribution in [3.63, 3.8) is 0 Å². The highest BCUT2D eigenvalue weighted by atomic mass is 15.1. The van der Waals surface area contributed by atoms with E-state index in [4.69, 9.17) is 15.0 Å². The third-order valence-electron chi connectivity index (χ3n) is 29.6. The van der Waals surface area contributed by atoms with Crippen LogP contribution in [-0.4, -0.2) is 42.4 Å². The molecule has 9 heteroatoms. The molecule has 0 saturated heterocycles. The summed E-state index contributed by atoms with van der Waals surface area (Å²) in [6, 6.07) is 186. The number of hydrogen-bond acceptors (Lipinski definition) is 3. The Bertz CT molecular complexity index is 10600. The monoisotopic (exact) mass is 1830 g/mol. The summed E-state index contributed by atoms with van der Waals surface area (Å²) in [6.45, 7) is 0. The van der Waals surface area contributed by atoms with E-state index in [0.29, 0.717) is 0 Å². The number of fused-ring (bicyclic) bond motifs is 28. The van der Waals surface area contributed by atoms with E-state index in [0.717, 1.165) is 106 Å². The minimum atomic E-state index is 0.817. The van der Waals surface area contributed by atoms with E-state index in [-0.39, 0.29) is 0 Å². The summed E-state index contributed by atoms with van der Waals surface area (Å²) >= 11 is 0. The molecule has 0 bridgehead atoms. The second kappa shape index (κ2) is 33.2. The number of aromatic nitrogens is 9. The maximum Gasteiger partial charge on any atom is 0.165 e. The number of nitrogens with zero attached hydrogens (tertiary/aromatic N) is 9. The summed E-state index contributed by atoms with van der Waals surface area (Å²) in [6.07, 6.45) is 0. The molecule has 0 saturated carbocycles. The zero-order chi connectivity index (χ0) is 94.6. The number of pyridine rings is 1. The lowest BCUT2D eigenvalue weighted by molar-refractivity contribution is 1.08. The SMILES string of the molecule is c1ccc(-c2cc(-n3c4ccccc4c4cc5c6c7ccccc7ccc6n(-c6ccccc6)c5cc43)nc3ccccc23)cc1.c1ccc(-c2ccc(-c3cccc(-n4c5ccccc5c5cc6c7c8ccccc8ccc7n(-c7ccccc7)c6cc54)c3)cc2)cc1.c1ccc(-c2nc3c(ccc4ccccc43)nc2-n2c3ccccc3c3cc4c5c6ccccc6ccc5n(-c5ccccc5)c4cc32)cc1. The molecule has 0 unspecified atom stereocenters. The molecule has 23 aromatic carbocycles. The number of para-hydroxylation sites is 7. The van der Waals surface area contributed by atoms with Crippen LogP contribution in [0.2, 0.25) is 0 Å². The van der Waals surface area contributed by atoms with Gasteiger partial charge in [-0.25, -0.2) is 15.0 Å². The van der Waals surface area contributed by atoms with E-state index in [1.165, 1.54) is 169 Å². The molecule has 670 valence electrons. The van der Waals surface area contributed by atoms with Gasteiger partial charge in [0.15, 0.2) is 5.82 Å². The zero-order valence-corrected chi connectivity index (χ0v) is 78.1. The van der Waals surface area contributed by atoms with Gasteiger partial charge in [0.1, 0.15) is 11.5 Å². The topological polar surface area (TPSA) is 68.2 Å². The number of rotatable bonds is 10. The molecule has 8 heterocycles. The van der Waals surface area contributed by atoms with Crippen molar-refractivity contribution in [1.29, 1.82) is 0 Å². The molecule has 31 rings (SSSR count). The van der Waals surface area contributed by atoms with Crippen molar-refractivity contribution in [2.75, 3.05) is 0 Å². The average Bonchev–Trinajstić information content (AvgIpc) is 1.55. The molecule has 0 spiro atoms.